The van der Waals surface area contributed by atoms with Crippen molar-refractivity contribution in [3.8, 4) is 0 Å². The third-order valence-corrected chi connectivity index (χ3v) is 8.52. The van der Waals surface area contributed by atoms with Gasteiger partial charge in [-0.05, 0) is 38.5 Å². The molecule has 0 aromatic rings. The molecule has 0 aromatic heterocycles. The minimum Gasteiger partial charge on any atom is -0.394 e. The topological polar surface area (TPSA) is 149 Å². The van der Waals surface area contributed by atoms with E-state index in [4.69, 9.17) is 9.47 Å². The summed E-state index contributed by atoms with van der Waals surface area (Å²) in [5.74, 6) is -0.193. The highest BCUT2D eigenvalue weighted by Crippen LogP contribution is 2.22. The van der Waals surface area contributed by atoms with Crippen LogP contribution in [0.2, 0.25) is 0 Å². The molecule has 0 aliphatic carbocycles. The summed E-state index contributed by atoms with van der Waals surface area (Å²) in [5, 5.41) is 53.3. The average Bonchev–Trinajstić information content (AvgIpc) is 3.04. The van der Waals surface area contributed by atoms with Gasteiger partial charge >= 0.3 is 0 Å². The normalized spacial score (nSPS) is 23.6. The standard InChI is InChI=1S/C36H67NO8/c1-3-5-7-9-10-11-12-13-14-15-16-17-18-19-20-21-22-24-26-32(40)37-29(30(39)25-23-8-6-4-2)28-44-36-35(43)34(42)33(41)31(27-38)45-36/h14-15,23,25,29-31,33-36,38-39,41-43H,3-13,16-22,24,26-28H2,1-2H3,(H,37,40)/b15-14-,25-23+. The van der Waals surface area contributed by atoms with Crippen molar-refractivity contribution in [1.82, 2.24) is 5.32 Å². The maximum absolute atomic E-state index is 12.7. The van der Waals surface area contributed by atoms with Crippen molar-refractivity contribution in [2.75, 3.05) is 13.2 Å². The molecule has 1 rings (SSSR count). The molecule has 9 nitrogen and oxygen atoms in total. The number of carbonyl (C=O) groups is 1. The van der Waals surface area contributed by atoms with Gasteiger partial charge in [0.1, 0.15) is 24.4 Å². The van der Waals surface area contributed by atoms with Crippen molar-refractivity contribution < 1.29 is 39.8 Å². The van der Waals surface area contributed by atoms with Crippen LogP contribution in [0.1, 0.15) is 142 Å². The van der Waals surface area contributed by atoms with Crippen LogP contribution in [0, 0.1) is 0 Å². The van der Waals surface area contributed by atoms with Gasteiger partial charge in [0.05, 0.1) is 25.4 Å². The van der Waals surface area contributed by atoms with E-state index in [1.54, 1.807) is 6.08 Å². The molecule has 0 aromatic carbocycles. The fourth-order valence-corrected chi connectivity index (χ4v) is 5.49. The first kappa shape index (κ1) is 41.7. The number of hydrogen-bond donors (Lipinski definition) is 6. The zero-order chi connectivity index (χ0) is 33.1. The first-order valence-electron chi connectivity index (χ1n) is 18.1. The van der Waals surface area contributed by atoms with E-state index in [-0.39, 0.29) is 12.5 Å². The van der Waals surface area contributed by atoms with Crippen molar-refractivity contribution in [2.24, 2.45) is 0 Å². The second-order valence-corrected chi connectivity index (χ2v) is 12.7. The molecule has 1 amide bonds. The fourth-order valence-electron chi connectivity index (χ4n) is 5.49. The number of nitrogens with one attached hydrogen (secondary N) is 1. The van der Waals surface area contributed by atoms with Gasteiger partial charge in [0.15, 0.2) is 6.29 Å². The number of ether oxygens (including phenoxy) is 2. The first-order chi connectivity index (χ1) is 21.8. The average molecular weight is 642 g/mol. The highest BCUT2D eigenvalue weighted by Gasteiger charge is 2.44. The predicted molar refractivity (Wildman–Crippen MR) is 180 cm³/mol. The lowest BCUT2D eigenvalue weighted by Crippen LogP contribution is -2.60. The fraction of sp³-hybridized carbons (Fsp3) is 0.861. The minimum atomic E-state index is -1.56. The summed E-state index contributed by atoms with van der Waals surface area (Å²) in [7, 11) is 0. The molecule has 9 heteroatoms. The van der Waals surface area contributed by atoms with Crippen molar-refractivity contribution in [1.29, 1.82) is 0 Å². The SMILES string of the molecule is CCCC/C=C/C(O)C(COC1OC(CO)C(O)C(O)C1O)NC(=O)CCCCCCCCC/C=C\CCCCCCCCC. The Labute approximate surface area is 273 Å². The summed E-state index contributed by atoms with van der Waals surface area (Å²) in [6, 6.07) is -0.799. The monoisotopic (exact) mass is 641 g/mol. The molecular formula is C36H67NO8. The Balaban J connectivity index is 2.28. The lowest BCUT2D eigenvalue weighted by atomic mass is 9.99. The second-order valence-electron chi connectivity index (χ2n) is 12.7. The molecule has 1 aliphatic rings. The zero-order valence-corrected chi connectivity index (χ0v) is 28.4. The van der Waals surface area contributed by atoms with Crippen LogP contribution < -0.4 is 5.32 Å². The molecule has 6 N–H and O–H groups in total. The number of hydrogen-bond acceptors (Lipinski definition) is 8. The Hall–Kier alpha value is -1.33. The van der Waals surface area contributed by atoms with E-state index in [2.05, 4.69) is 31.3 Å². The van der Waals surface area contributed by atoms with E-state index in [0.29, 0.717) is 6.42 Å². The molecule has 7 atom stereocenters. The molecule has 45 heavy (non-hydrogen) atoms. The molecule has 1 heterocycles. The van der Waals surface area contributed by atoms with Gasteiger partial charge in [0.2, 0.25) is 5.91 Å². The number of unbranched alkanes of at least 4 members (excludes halogenated alkanes) is 16. The van der Waals surface area contributed by atoms with E-state index >= 15 is 0 Å². The maximum atomic E-state index is 12.7. The van der Waals surface area contributed by atoms with Crippen molar-refractivity contribution >= 4 is 5.91 Å². The van der Waals surface area contributed by atoms with Crippen LogP contribution in [-0.2, 0) is 14.3 Å². The lowest BCUT2D eigenvalue weighted by molar-refractivity contribution is -0.302. The molecular weight excluding hydrogens is 574 g/mol. The van der Waals surface area contributed by atoms with E-state index in [1.165, 1.54) is 77.0 Å². The van der Waals surface area contributed by atoms with Gasteiger partial charge in [0, 0.05) is 6.42 Å². The Morgan fingerprint density at radius 1 is 0.733 bits per heavy atom. The maximum Gasteiger partial charge on any atom is 0.220 e. The molecule has 0 spiro atoms. The Kier molecular flexibility index (Phi) is 25.7. The van der Waals surface area contributed by atoms with Gasteiger partial charge in [-0.15, -0.1) is 0 Å². The lowest BCUT2D eigenvalue weighted by Gasteiger charge is -2.40. The summed E-state index contributed by atoms with van der Waals surface area (Å²) in [5.41, 5.74) is 0. The highest BCUT2D eigenvalue weighted by atomic mass is 16.7. The van der Waals surface area contributed by atoms with Crippen LogP contribution in [-0.4, -0.2) is 87.5 Å². The third kappa shape index (κ3) is 19.8. The van der Waals surface area contributed by atoms with Crippen LogP contribution in [0.15, 0.2) is 24.3 Å². The molecule has 264 valence electrons. The largest absolute Gasteiger partial charge is 0.394 e. The van der Waals surface area contributed by atoms with E-state index in [0.717, 1.165) is 44.9 Å². The first-order valence-corrected chi connectivity index (χ1v) is 18.1. The van der Waals surface area contributed by atoms with Gasteiger partial charge < -0.3 is 40.3 Å². The second kappa shape index (κ2) is 27.8. The van der Waals surface area contributed by atoms with Crippen LogP contribution in [0.25, 0.3) is 0 Å². The molecule has 1 saturated heterocycles. The Morgan fingerprint density at radius 2 is 1.27 bits per heavy atom. The van der Waals surface area contributed by atoms with Gasteiger partial charge in [-0.2, -0.15) is 0 Å². The van der Waals surface area contributed by atoms with Crippen molar-refractivity contribution in [3.05, 3.63) is 24.3 Å². The molecule has 7 unspecified atom stereocenters. The summed E-state index contributed by atoms with van der Waals surface area (Å²) in [6.45, 7) is 3.58. The summed E-state index contributed by atoms with van der Waals surface area (Å²) in [4.78, 5) is 12.7. The molecule has 0 bridgehead atoms. The van der Waals surface area contributed by atoms with Crippen LogP contribution in [0.5, 0.6) is 0 Å². The van der Waals surface area contributed by atoms with Crippen LogP contribution in [0.4, 0.5) is 0 Å². The molecule has 1 fully saturated rings. The van der Waals surface area contributed by atoms with Crippen LogP contribution >= 0.6 is 0 Å². The third-order valence-electron chi connectivity index (χ3n) is 8.52. The van der Waals surface area contributed by atoms with Gasteiger partial charge in [-0.3, -0.25) is 4.79 Å². The Bertz CT molecular complexity index is 761. The smallest absolute Gasteiger partial charge is 0.220 e. The molecule has 0 saturated carbocycles. The molecule has 0 radical (unpaired) electrons. The number of rotatable bonds is 28. The highest BCUT2D eigenvalue weighted by molar-refractivity contribution is 5.76. The van der Waals surface area contributed by atoms with Crippen LogP contribution in [0.3, 0.4) is 0 Å². The van der Waals surface area contributed by atoms with Crippen molar-refractivity contribution in [3.63, 3.8) is 0 Å². The summed E-state index contributed by atoms with van der Waals surface area (Å²) >= 11 is 0. The predicted octanol–water partition coefficient (Wildman–Crippen LogP) is 5.60. The Morgan fingerprint density at radius 3 is 1.84 bits per heavy atom. The zero-order valence-electron chi connectivity index (χ0n) is 28.4. The number of allylic oxidation sites excluding steroid dienone is 3. The summed E-state index contributed by atoms with van der Waals surface area (Å²) < 4.78 is 11.0. The number of amides is 1. The number of carbonyl (C=O) groups excluding carboxylic acids is 1. The minimum absolute atomic E-state index is 0.192. The van der Waals surface area contributed by atoms with Gasteiger partial charge in [-0.1, -0.05) is 122 Å². The number of aliphatic hydroxyl groups is 5. The van der Waals surface area contributed by atoms with Crippen molar-refractivity contribution in [2.45, 2.75) is 185 Å². The van der Waals surface area contributed by atoms with E-state index in [9.17, 15) is 30.3 Å². The van der Waals surface area contributed by atoms with Gasteiger partial charge in [-0.25, -0.2) is 0 Å². The van der Waals surface area contributed by atoms with E-state index in [1.807, 2.05) is 6.08 Å². The summed E-state index contributed by atoms with van der Waals surface area (Å²) in [6.07, 6.45) is 22.9. The van der Waals surface area contributed by atoms with Gasteiger partial charge in [0.25, 0.3) is 0 Å². The van der Waals surface area contributed by atoms with E-state index < -0.39 is 49.5 Å². The quantitative estimate of drug-likeness (QED) is 0.0478. The molecule has 1 aliphatic heterocycles. The number of aliphatic hydroxyl groups excluding tert-OH is 5.